The fourth-order valence-corrected chi connectivity index (χ4v) is 4.08. The molecule has 0 atom stereocenters. The van der Waals surface area contributed by atoms with Gasteiger partial charge in [0.15, 0.2) is 0 Å². The fraction of sp³-hybridized carbons (Fsp3) is 0.160. The molecule has 0 fully saturated rings. The first-order valence-electron chi connectivity index (χ1n) is 11.2. The summed E-state index contributed by atoms with van der Waals surface area (Å²) in [5, 5.41) is 22.2. The van der Waals surface area contributed by atoms with Crippen LogP contribution in [-0.4, -0.2) is 47.7 Å². The molecule has 4 heterocycles. The average Bonchev–Trinajstić information content (AvgIpc) is 3.50. The van der Waals surface area contributed by atoms with Crippen LogP contribution in [0.5, 0.6) is 0 Å². The van der Waals surface area contributed by atoms with Crippen LogP contribution in [0.4, 0.5) is 23.7 Å². The summed E-state index contributed by atoms with van der Waals surface area (Å²) < 4.78 is 41.3. The van der Waals surface area contributed by atoms with Crippen LogP contribution in [0.3, 0.4) is 0 Å². The Kier molecular flexibility index (Phi) is 8.48. The lowest BCUT2D eigenvalue weighted by atomic mass is 10.1. The molecule has 0 unspecified atom stereocenters. The van der Waals surface area contributed by atoms with Gasteiger partial charge >= 0.3 is 12.2 Å². The summed E-state index contributed by atoms with van der Waals surface area (Å²) in [6, 6.07) is 13.0. The number of rotatable bonds is 5. The first kappa shape index (κ1) is 27.3. The number of imidazole rings is 2. The Labute approximate surface area is 228 Å². The van der Waals surface area contributed by atoms with Crippen molar-refractivity contribution in [2.75, 3.05) is 11.9 Å². The highest BCUT2D eigenvalue weighted by Gasteiger charge is 2.27. The maximum absolute atomic E-state index is 12.1. The van der Waals surface area contributed by atoms with E-state index in [0.29, 0.717) is 11.3 Å². The molecule has 2 amide bonds. The van der Waals surface area contributed by atoms with Crippen molar-refractivity contribution in [2.45, 2.75) is 19.4 Å². The van der Waals surface area contributed by atoms with Gasteiger partial charge in [-0.1, -0.05) is 12.1 Å². The molecule has 38 heavy (non-hydrogen) atoms. The molecule has 5 aromatic rings. The molecule has 4 aromatic heterocycles. The van der Waals surface area contributed by atoms with E-state index in [-0.39, 0.29) is 13.2 Å². The van der Waals surface area contributed by atoms with Crippen LogP contribution in [0.1, 0.15) is 11.1 Å². The van der Waals surface area contributed by atoms with E-state index in [2.05, 4.69) is 37.9 Å². The Bertz CT molecular complexity index is 1570. The van der Waals surface area contributed by atoms with E-state index in [1.54, 1.807) is 60.3 Å². The summed E-state index contributed by atoms with van der Waals surface area (Å²) in [5.41, 5.74) is 4.96. The number of halogens is 4. The Balaban J connectivity index is 0.000000232. The average molecular weight is 638 g/mol. The lowest BCUT2D eigenvalue weighted by molar-refractivity contribution is -0.122. The number of nitrogens with one attached hydrogen (secondary N) is 2. The Morgan fingerprint density at radius 1 is 0.921 bits per heavy atom. The molecule has 0 radical (unpaired) electrons. The highest BCUT2D eigenvalue weighted by atomic mass is 127. The minimum absolute atomic E-state index is 0.0694. The van der Waals surface area contributed by atoms with E-state index in [9.17, 15) is 23.1 Å². The minimum Gasteiger partial charge on any atom is -0.392 e. The molecule has 4 N–H and O–H groups in total. The van der Waals surface area contributed by atoms with Crippen molar-refractivity contribution >= 4 is 45.6 Å². The monoisotopic (exact) mass is 638 g/mol. The summed E-state index contributed by atoms with van der Waals surface area (Å²) in [4.78, 5) is 20.0. The smallest absolute Gasteiger partial charge is 0.392 e. The zero-order valence-corrected chi connectivity index (χ0v) is 21.8. The second kappa shape index (κ2) is 11.8. The van der Waals surface area contributed by atoms with Crippen LogP contribution in [0.2, 0.25) is 0 Å². The van der Waals surface area contributed by atoms with Crippen molar-refractivity contribution in [2.24, 2.45) is 0 Å². The van der Waals surface area contributed by atoms with Gasteiger partial charge in [-0.05, 0) is 70.1 Å². The lowest BCUT2D eigenvalue weighted by Crippen LogP contribution is -2.36. The van der Waals surface area contributed by atoms with Crippen molar-refractivity contribution in [3.8, 4) is 11.3 Å². The van der Waals surface area contributed by atoms with E-state index >= 15 is 0 Å². The maximum atomic E-state index is 12.1. The van der Waals surface area contributed by atoms with Gasteiger partial charge in [-0.25, -0.2) is 14.8 Å². The number of carbonyl (C=O) groups is 1. The molecule has 0 bridgehead atoms. The first-order valence-corrected chi connectivity index (χ1v) is 12.3. The molecular formula is C25H22F3IN6O3. The third kappa shape index (κ3) is 6.79. The van der Waals surface area contributed by atoms with Crippen LogP contribution in [0.15, 0.2) is 73.3 Å². The number of aromatic nitrogens is 4. The first-order chi connectivity index (χ1) is 18.2. The second-order valence-electron chi connectivity index (χ2n) is 8.07. The molecule has 0 spiro atoms. The van der Waals surface area contributed by atoms with Gasteiger partial charge in [-0.2, -0.15) is 13.2 Å². The number of amides is 2. The normalized spacial score (nSPS) is 11.3. The van der Waals surface area contributed by atoms with Gasteiger partial charge in [0.05, 0.1) is 31.3 Å². The van der Waals surface area contributed by atoms with E-state index in [0.717, 1.165) is 31.7 Å². The highest BCUT2D eigenvalue weighted by molar-refractivity contribution is 14.1. The van der Waals surface area contributed by atoms with Gasteiger partial charge in [-0.3, -0.25) is 8.80 Å². The number of fused-ring (bicyclic) bond motifs is 2. The van der Waals surface area contributed by atoms with E-state index in [1.807, 2.05) is 27.1 Å². The summed E-state index contributed by atoms with van der Waals surface area (Å²) >= 11 is 2.22. The zero-order chi connectivity index (χ0) is 27.3. The maximum Gasteiger partial charge on any atom is 0.405 e. The molecule has 1 aromatic carbocycles. The third-order valence-electron chi connectivity index (χ3n) is 5.34. The SMILES string of the molecule is O=C(NCC(F)(F)F)Nc1cccc(-c2cnc3cc(CO)ccn23)c1.OCc1ccn2c(I)cnc2c1. The predicted octanol–water partition coefficient (Wildman–Crippen LogP) is 4.61. The number of carbonyl (C=O) groups excluding carboxylic acids is 1. The predicted molar refractivity (Wildman–Crippen MR) is 143 cm³/mol. The van der Waals surface area contributed by atoms with Crippen LogP contribution < -0.4 is 10.6 Å². The van der Waals surface area contributed by atoms with Gasteiger partial charge < -0.3 is 20.8 Å². The zero-order valence-electron chi connectivity index (χ0n) is 19.7. The number of pyridine rings is 2. The molecule has 13 heteroatoms. The Morgan fingerprint density at radius 2 is 1.55 bits per heavy atom. The third-order valence-corrected chi connectivity index (χ3v) is 6.14. The van der Waals surface area contributed by atoms with Crippen molar-refractivity contribution in [1.82, 2.24) is 24.1 Å². The second-order valence-corrected chi connectivity index (χ2v) is 9.18. The number of hydrogen-bond donors (Lipinski definition) is 4. The summed E-state index contributed by atoms with van der Waals surface area (Å²) in [6.45, 7) is -1.43. The van der Waals surface area contributed by atoms with Gasteiger partial charge in [0.25, 0.3) is 0 Å². The van der Waals surface area contributed by atoms with Crippen LogP contribution in [-0.2, 0) is 13.2 Å². The fourth-order valence-electron chi connectivity index (χ4n) is 3.54. The molecule has 0 aliphatic rings. The van der Waals surface area contributed by atoms with Gasteiger partial charge in [0.2, 0.25) is 0 Å². The Morgan fingerprint density at radius 3 is 2.21 bits per heavy atom. The minimum atomic E-state index is -4.47. The van der Waals surface area contributed by atoms with Gasteiger partial charge in [-0.15, -0.1) is 0 Å². The largest absolute Gasteiger partial charge is 0.405 e. The number of aliphatic hydroxyl groups is 2. The molecule has 0 saturated heterocycles. The van der Waals surface area contributed by atoms with Gasteiger partial charge in [0, 0.05) is 23.6 Å². The van der Waals surface area contributed by atoms with Crippen molar-refractivity contribution in [1.29, 1.82) is 0 Å². The van der Waals surface area contributed by atoms with Crippen LogP contribution >= 0.6 is 22.6 Å². The quantitative estimate of drug-likeness (QED) is 0.210. The molecule has 0 aliphatic carbocycles. The number of alkyl halides is 3. The number of nitrogens with zero attached hydrogens (tertiary/aromatic N) is 4. The summed E-state index contributed by atoms with van der Waals surface area (Å²) in [5.74, 6) is 0. The van der Waals surface area contributed by atoms with Crippen LogP contribution in [0, 0.1) is 3.70 Å². The Hall–Kier alpha value is -3.69. The lowest BCUT2D eigenvalue weighted by Gasteiger charge is -2.10. The highest BCUT2D eigenvalue weighted by Crippen LogP contribution is 2.24. The number of urea groups is 1. The van der Waals surface area contributed by atoms with Gasteiger partial charge in [0.1, 0.15) is 21.5 Å². The standard InChI is InChI=1S/C17H15F3N4O2.C8H7IN2O/c18-17(19,20)10-22-16(26)23-13-3-1-2-12(7-13)14-8-21-15-6-11(9-25)4-5-24(14)15;9-7-4-10-8-3-6(5-12)1-2-11(7)8/h1-8,25H,9-10H2,(H2,22,23,26);1-4,12H,5H2. The van der Waals surface area contributed by atoms with E-state index in [4.69, 9.17) is 5.11 Å². The van der Waals surface area contributed by atoms with E-state index < -0.39 is 18.8 Å². The number of hydrogen-bond acceptors (Lipinski definition) is 5. The summed E-state index contributed by atoms with van der Waals surface area (Å²) in [7, 11) is 0. The molecule has 9 nitrogen and oxygen atoms in total. The number of anilines is 1. The van der Waals surface area contributed by atoms with Crippen molar-refractivity contribution < 1.29 is 28.2 Å². The van der Waals surface area contributed by atoms with Crippen LogP contribution in [0.25, 0.3) is 22.6 Å². The van der Waals surface area contributed by atoms with E-state index in [1.165, 1.54) is 0 Å². The molecular weight excluding hydrogens is 616 g/mol. The number of aliphatic hydroxyl groups excluding tert-OH is 2. The van der Waals surface area contributed by atoms with Crippen molar-refractivity contribution in [3.05, 3.63) is 88.1 Å². The topological polar surface area (TPSA) is 116 Å². The molecule has 0 saturated carbocycles. The molecule has 5 rings (SSSR count). The van der Waals surface area contributed by atoms with Crippen molar-refractivity contribution in [3.63, 3.8) is 0 Å². The number of benzene rings is 1. The molecule has 198 valence electrons. The molecule has 0 aliphatic heterocycles. The summed E-state index contributed by atoms with van der Waals surface area (Å²) in [6.07, 6.45) is 2.65.